The fourth-order valence-electron chi connectivity index (χ4n) is 0.942. The van der Waals surface area contributed by atoms with Gasteiger partial charge in [0.2, 0.25) is 0 Å². The van der Waals surface area contributed by atoms with Gasteiger partial charge in [0.1, 0.15) is 0 Å². The molecule has 0 fully saturated rings. The van der Waals surface area contributed by atoms with Gasteiger partial charge in [0.15, 0.2) is 11.5 Å². The summed E-state index contributed by atoms with van der Waals surface area (Å²) in [5.74, 6) is -1.51. The molecule has 4 heteroatoms. The predicted molar refractivity (Wildman–Crippen MR) is 51.1 cm³/mol. The summed E-state index contributed by atoms with van der Waals surface area (Å²) in [6.45, 7) is 1.45. The maximum atomic E-state index is 10.5. The molecule has 14 heavy (non-hydrogen) atoms. The first kappa shape index (κ1) is 10.1. The summed E-state index contributed by atoms with van der Waals surface area (Å²) < 4.78 is 0. The molecular formula is C10H10O4. The van der Waals surface area contributed by atoms with Crippen molar-refractivity contribution in [2.45, 2.75) is 6.92 Å². The van der Waals surface area contributed by atoms with Crippen LogP contribution >= 0.6 is 0 Å². The monoisotopic (exact) mass is 194 g/mol. The van der Waals surface area contributed by atoms with E-state index in [4.69, 9.17) is 15.3 Å². The lowest BCUT2D eigenvalue weighted by Gasteiger charge is -1.99. The van der Waals surface area contributed by atoms with Gasteiger partial charge in [-0.1, -0.05) is 6.07 Å². The molecule has 0 spiro atoms. The Balaban J connectivity index is 3.04. The average Bonchev–Trinajstić information content (AvgIpc) is 2.11. The second-order valence-electron chi connectivity index (χ2n) is 2.88. The van der Waals surface area contributed by atoms with Gasteiger partial charge < -0.3 is 15.3 Å². The fourth-order valence-corrected chi connectivity index (χ4v) is 0.942. The highest BCUT2D eigenvalue weighted by Crippen LogP contribution is 2.25. The van der Waals surface area contributed by atoms with Gasteiger partial charge in [0.05, 0.1) is 0 Å². The summed E-state index contributed by atoms with van der Waals surface area (Å²) in [6, 6.07) is 4.11. The zero-order chi connectivity index (χ0) is 10.7. The van der Waals surface area contributed by atoms with E-state index < -0.39 is 5.97 Å². The number of aliphatic carboxylic acids is 1. The van der Waals surface area contributed by atoms with Gasteiger partial charge in [-0.05, 0) is 30.7 Å². The quantitative estimate of drug-likeness (QED) is 0.493. The van der Waals surface area contributed by atoms with Crippen LogP contribution in [0.5, 0.6) is 11.5 Å². The first-order valence-electron chi connectivity index (χ1n) is 3.94. The molecule has 0 unspecified atom stereocenters. The molecule has 0 saturated carbocycles. The van der Waals surface area contributed by atoms with Crippen molar-refractivity contribution in [3.63, 3.8) is 0 Å². The molecule has 0 aliphatic rings. The smallest absolute Gasteiger partial charge is 0.331 e. The molecule has 3 N–H and O–H groups in total. The minimum Gasteiger partial charge on any atom is -0.504 e. The van der Waals surface area contributed by atoms with Gasteiger partial charge >= 0.3 is 5.97 Å². The average molecular weight is 194 g/mol. The topological polar surface area (TPSA) is 77.8 Å². The maximum absolute atomic E-state index is 10.5. The Labute approximate surface area is 80.7 Å². The number of carbonyl (C=O) groups is 1. The van der Waals surface area contributed by atoms with Crippen LogP contribution in [0.25, 0.3) is 6.08 Å². The van der Waals surface area contributed by atoms with E-state index in [9.17, 15) is 4.79 Å². The number of hydrogen-bond acceptors (Lipinski definition) is 3. The standard InChI is InChI=1S/C10H10O4/c1-6(10(13)14)4-7-2-3-8(11)9(12)5-7/h2-5,11-12H,1H3,(H,13,14)/b6-4+. The fraction of sp³-hybridized carbons (Fsp3) is 0.100. The second-order valence-corrected chi connectivity index (χ2v) is 2.88. The van der Waals surface area contributed by atoms with E-state index in [-0.39, 0.29) is 17.1 Å². The van der Waals surface area contributed by atoms with Crippen molar-refractivity contribution in [2.75, 3.05) is 0 Å². The van der Waals surface area contributed by atoms with Crippen LogP contribution in [0.4, 0.5) is 0 Å². The van der Waals surface area contributed by atoms with Crippen molar-refractivity contribution >= 4 is 12.0 Å². The number of rotatable bonds is 2. The number of hydrogen-bond donors (Lipinski definition) is 3. The van der Waals surface area contributed by atoms with Crippen molar-refractivity contribution in [1.82, 2.24) is 0 Å². The van der Waals surface area contributed by atoms with Gasteiger partial charge in [0.25, 0.3) is 0 Å². The molecule has 0 aliphatic heterocycles. The van der Waals surface area contributed by atoms with E-state index in [1.807, 2.05) is 0 Å². The summed E-state index contributed by atoms with van der Waals surface area (Å²) >= 11 is 0. The molecule has 4 nitrogen and oxygen atoms in total. The molecule has 0 amide bonds. The minimum atomic E-state index is -1.02. The molecule has 1 aromatic carbocycles. The second kappa shape index (κ2) is 3.83. The third-order valence-corrected chi connectivity index (χ3v) is 1.72. The van der Waals surface area contributed by atoms with Crippen molar-refractivity contribution in [3.05, 3.63) is 29.3 Å². The zero-order valence-corrected chi connectivity index (χ0v) is 7.56. The number of aromatic hydroxyl groups is 2. The van der Waals surface area contributed by atoms with Gasteiger partial charge in [-0.25, -0.2) is 4.79 Å². The van der Waals surface area contributed by atoms with Crippen molar-refractivity contribution in [3.8, 4) is 11.5 Å². The Morgan fingerprint density at radius 1 is 1.29 bits per heavy atom. The van der Waals surface area contributed by atoms with Crippen LogP contribution in [0.2, 0.25) is 0 Å². The number of phenols is 2. The molecule has 0 heterocycles. The van der Waals surface area contributed by atoms with E-state index in [0.717, 1.165) is 0 Å². The Hall–Kier alpha value is -1.97. The first-order chi connectivity index (χ1) is 6.50. The highest BCUT2D eigenvalue weighted by atomic mass is 16.4. The molecule has 0 aromatic heterocycles. The van der Waals surface area contributed by atoms with E-state index >= 15 is 0 Å². The Morgan fingerprint density at radius 3 is 2.43 bits per heavy atom. The number of carboxylic acids is 1. The molecule has 0 atom stereocenters. The predicted octanol–water partition coefficient (Wildman–Crippen LogP) is 1.59. The highest BCUT2D eigenvalue weighted by molar-refractivity contribution is 5.91. The molecule has 0 aliphatic carbocycles. The summed E-state index contributed by atoms with van der Waals surface area (Å²) in [6.07, 6.45) is 1.40. The normalized spacial score (nSPS) is 11.4. The molecule has 0 saturated heterocycles. The van der Waals surface area contributed by atoms with Gasteiger partial charge in [-0.2, -0.15) is 0 Å². The van der Waals surface area contributed by atoms with Crippen molar-refractivity contribution < 1.29 is 20.1 Å². The lowest BCUT2D eigenvalue weighted by atomic mass is 10.1. The van der Waals surface area contributed by atoms with Crippen LogP contribution in [0.3, 0.4) is 0 Å². The highest BCUT2D eigenvalue weighted by Gasteiger charge is 2.02. The van der Waals surface area contributed by atoms with Gasteiger partial charge in [-0.3, -0.25) is 0 Å². The van der Waals surface area contributed by atoms with E-state index in [0.29, 0.717) is 5.56 Å². The molecule has 0 radical (unpaired) electrons. The molecular weight excluding hydrogens is 184 g/mol. The van der Waals surface area contributed by atoms with Crippen LogP contribution in [0, 0.1) is 0 Å². The third kappa shape index (κ3) is 2.26. The van der Waals surface area contributed by atoms with Crippen LogP contribution in [-0.2, 0) is 4.79 Å². The SMILES string of the molecule is C/C(=C\c1ccc(O)c(O)c1)C(=O)O. The molecule has 0 bridgehead atoms. The van der Waals surface area contributed by atoms with Crippen LogP contribution in [-0.4, -0.2) is 21.3 Å². The van der Waals surface area contributed by atoms with Crippen molar-refractivity contribution in [2.24, 2.45) is 0 Å². The van der Waals surface area contributed by atoms with Crippen LogP contribution in [0.15, 0.2) is 23.8 Å². The zero-order valence-electron chi connectivity index (χ0n) is 7.56. The number of phenolic OH excluding ortho intramolecular Hbond substituents is 2. The largest absolute Gasteiger partial charge is 0.504 e. The summed E-state index contributed by atoms with van der Waals surface area (Å²) in [4.78, 5) is 10.5. The lowest BCUT2D eigenvalue weighted by molar-refractivity contribution is -0.132. The van der Waals surface area contributed by atoms with E-state index in [1.54, 1.807) is 0 Å². The molecule has 74 valence electrons. The number of benzene rings is 1. The summed E-state index contributed by atoms with van der Waals surface area (Å²) in [5.41, 5.74) is 0.690. The molecule has 1 aromatic rings. The molecule has 1 rings (SSSR count). The first-order valence-corrected chi connectivity index (χ1v) is 3.94. The summed E-state index contributed by atoms with van der Waals surface area (Å²) in [5, 5.41) is 26.7. The van der Waals surface area contributed by atoms with Gasteiger partial charge in [-0.15, -0.1) is 0 Å². The Morgan fingerprint density at radius 2 is 1.93 bits per heavy atom. The van der Waals surface area contributed by atoms with Crippen LogP contribution < -0.4 is 0 Å². The van der Waals surface area contributed by atoms with Crippen LogP contribution in [0.1, 0.15) is 12.5 Å². The van der Waals surface area contributed by atoms with E-state index in [1.165, 1.54) is 31.2 Å². The van der Waals surface area contributed by atoms with Crippen molar-refractivity contribution in [1.29, 1.82) is 0 Å². The number of carboxylic acid groups (broad SMARTS) is 1. The third-order valence-electron chi connectivity index (χ3n) is 1.72. The Kier molecular flexibility index (Phi) is 2.76. The minimum absolute atomic E-state index is 0.162. The van der Waals surface area contributed by atoms with Gasteiger partial charge in [0, 0.05) is 5.57 Å². The lowest BCUT2D eigenvalue weighted by Crippen LogP contribution is -1.95. The maximum Gasteiger partial charge on any atom is 0.331 e. The Bertz CT molecular complexity index is 393. The summed E-state index contributed by atoms with van der Waals surface area (Å²) in [7, 11) is 0. The van der Waals surface area contributed by atoms with E-state index in [2.05, 4.69) is 0 Å².